The number of furan rings is 1. The van der Waals surface area contributed by atoms with Crippen LogP contribution >= 0.6 is 0 Å². The summed E-state index contributed by atoms with van der Waals surface area (Å²) in [5.74, 6) is 0.173. The largest absolute Gasteiger partial charge is 0.460 e. The average molecular weight is 366 g/mol. The predicted molar refractivity (Wildman–Crippen MR) is 107 cm³/mol. The second-order valence-electron chi connectivity index (χ2n) is 6.88. The molecule has 2 heterocycles. The van der Waals surface area contributed by atoms with E-state index in [-0.39, 0.29) is 17.5 Å². The van der Waals surface area contributed by atoms with Crippen molar-refractivity contribution in [2.45, 2.75) is 53.1 Å². The Morgan fingerprint density at radius 1 is 1.19 bits per heavy atom. The molecule has 0 saturated heterocycles. The van der Waals surface area contributed by atoms with Gasteiger partial charge >= 0.3 is 0 Å². The smallest absolute Gasteiger partial charge is 0.262 e. The number of aromatic nitrogens is 1. The number of hydrogen-bond donors (Lipinski definition) is 1. The lowest BCUT2D eigenvalue weighted by atomic mass is 10.0. The maximum absolute atomic E-state index is 12.9. The number of pyridine rings is 1. The van der Waals surface area contributed by atoms with Crippen LogP contribution < -0.4 is 10.9 Å². The van der Waals surface area contributed by atoms with Crippen molar-refractivity contribution in [2.75, 3.05) is 0 Å². The topological polar surface area (TPSA) is 64.2 Å². The first-order chi connectivity index (χ1) is 13.0. The highest BCUT2D eigenvalue weighted by atomic mass is 16.3. The molecule has 0 aliphatic heterocycles. The summed E-state index contributed by atoms with van der Waals surface area (Å²) >= 11 is 0. The van der Waals surface area contributed by atoms with Crippen LogP contribution in [0.2, 0.25) is 0 Å². The first-order valence-corrected chi connectivity index (χ1v) is 9.48. The van der Waals surface area contributed by atoms with Crippen molar-refractivity contribution in [3.63, 3.8) is 0 Å². The van der Waals surface area contributed by atoms with Gasteiger partial charge in [-0.3, -0.25) is 9.59 Å². The number of amides is 1. The van der Waals surface area contributed by atoms with E-state index in [1.54, 1.807) is 23.8 Å². The molecule has 5 heteroatoms. The third-order valence-corrected chi connectivity index (χ3v) is 4.92. The summed E-state index contributed by atoms with van der Waals surface area (Å²) < 4.78 is 7.30. The van der Waals surface area contributed by atoms with E-state index >= 15 is 0 Å². The zero-order chi connectivity index (χ0) is 19.6. The fraction of sp³-hybridized carbons (Fsp3) is 0.364. The normalized spacial score (nSPS) is 12.3. The van der Waals surface area contributed by atoms with Crippen molar-refractivity contribution in [2.24, 2.45) is 0 Å². The highest BCUT2D eigenvalue weighted by molar-refractivity contribution is 6.07. The number of aryl methyl sites for hydroxylation is 3. The van der Waals surface area contributed by atoms with Gasteiger partial charge in [0.25, 0.3) is 11.5 Å². The van der Waals surface area contributed by atoms with Crippen LogP contribution in [0.3, 0.4) is 0 Å². The van der Waals surface area contributed by atoms with Crippen molar-refractivity contribution in [1.29, 1.82) is 0 Å². The molecule has 0 fully saturated rings. The summed E-state index contributed by atoms with van der Waals surface area (Å²) in [4.78, 5) is 25.8. The third kappa shape index (κ3) is 3.68. The second kappa shape index (κ2) is 7.82. The standard InChI is InChI=1S/C22H26N2O3/c1-5-12-24-13-11-18-20(22(24)26)19(15(4)27-18)21(25)23-14(3)17-9-7-16(6-2)8-10-17/h7-11,13-14H,5-6,12H2,1-4H3,(H,23,25)/t14-/m0/s1. The first kappa shape index (κ1) is 19.0. The Hall–Kier alpha value is -2.82. The van der Waals surface area contributed by atoms with Crippen molar-refractivity contribution in [3.8, 4) is 0 Å². The van der Waals surface area contributed by atoms with E-state index in [9.17, 15) is 9.59 Å². The second-order valence-corrected chi connectivity index (χ2v) is 6.88. The number of benzene rings is 1. The summed E-state index contributed by atoms with van der Waals surface area (Å²) in [6, 6.07) is 9.77. The van der Waals surface area contributed by atoms with Gasteiger partial charge in [-0.2, -0.15) is 0 Å². The van der Waals surface area contributed by atoms with Crippen LogP contribution in [0.15, 0.2) is 45.7 Å². The molecule has 0 aliphatic rings. The van der Waals surface area contributed by atoms with E-state index in [0.29, 0.717) is 28.8 Å². The van der Waals surface area contributed by atoms with Crippen LogP contribution in [0.1, 0.15) is 60.5 Å². The monoisotopic (exact) mass is 366 g/mol. The predicted octanol–water partition coefficient (Wildman–Crippen LogP) is 4.37. The molecule has 0 unspecified atom stereocenters. The molecular formula is C22H26N2O3. The molecule has 1 aromatic carbocycles. The highest BCUT2D eigenvalue weighted by Gasteiger charge is 2.23. The van der Waals surface area contributed by atoms with Crippen molar-refractivity contribution in [3.05, 3.63) is 69.3 Å². The van der Waals surface area contributed by atoms with E-state index in [0.717, 1.165) is 18.4 Å². The van der Waals surface area contributed by atoms with E-state index in [4.69, 9.17) is 4.42 Å². The van der Waals surface area contributed by atoms with E-state index in [2.05, 4.69) is 24.4 Å². The van der Waals surface area contributed by atoms with Crippen LogP contribution in [-0.4, -0.2) is 10.5 Å². The molecule has 0 aliphatic carbocycles. The lowest BCUT2D eigenvalue weighted by molar-refractivity contribution is 0.0939. The quantitative estimate of drug-likeness (QED) is 0.705. The Kier molecular flexibility index (Phi) is 5.49. The van der Waals surface area contributed by atoms with Gasteiger partial charge in [0.05, 0.1) is 17.0 Å². The van der Waals surface area contributed by atoms with Gasteiger partial charge in [0.1, 0.15) is 11.3 Å². The lowest BCUT2D eigenvalue weighted by Gasteiger charge is -2.15. The van der Waals surface area contributed by atoms with E-state index in [1.807, 2.05) is 26.0 Å². The SMILES string of the molecule is CCCn1ccc2oc(C)c(C(=O)N[C@@H](C)c3ccc(CC)cc3)c2c1=O. The number of nitrogens with one attached hydrogen (secondary N) is 1. The average Bonchev–Trinajstić information content (AvgIpc) is 3.01. The molecule has 0 radical (unpaired) electrons. The summed E-state index contributed by atoms with van der Waals surface area (Å²) in [5.41, 5.74) is 2.88. The summed E-state index contributed by atoms with van der Waals surface area (Å²) in [5, 5.41) is 3.36. The Morgan fingerprint density at radius 3 is 2.52 bits per heavy atom. The molecule has 1 N–H and O–H groups in total. The molecular weight excluding hydrogens is 340 g/mol. The van der Waals surface area contributed by atoms with Gasteiger partial charge in [-0.15, -0.1) is 0 Å². The maximum atomic E-state index is 12.9. The minimum atomic E-state index is -0.287. The fourth-order valence-corrected chi connectivity index (χ4v) is 3.35. The Bertz CT molecular complexity index is 1010. The van der Waals surface area contributed by atoms with Gasteiger partial charge in [0.2, 0.25) is 0 Å². The van der Waals surface area contributed by atoms with E-state index in [1.165, 1.54) is 5.56 Å². The van der Waals surface area contributed by atoms with Crippen LogP contribution in [-0.2, 0) is 13.0 Å². The third-order valence-electron chi connectivity index (χ3n) is 4.92. The molecule has 0 saturated carbocycles. The summed E-state index contributed by atoms with van der Waals surface area (Å²) in [6.07, 6.45) is 3.54. The molecule has 5 nitrogen and oxygen atoms in total. The van der Waals surface area contributed by atoms with Gasteiger partial charge < -0.3 is 14.3 Å². The first-order valence-electron chi connectivity index (χ1n) is 9.48. The number of hydrogen-bond acceptors (Lipinski definition) is 3. The maximum Gasteiger partial charge on any atom is 0.262 e. The summed E-state index contributed by atoms with van der Waals surface area (Å²) in [6.45, 7) is 8.39. The molecule has 2 aromatic heterocycles. The van der Waals surface area contributed by atoms with E-state index < -0.39 is 0 Å². The number of fused-ring (bicyclic) bond motifs is 1. The van der Waals surface area contributed by atoms with Gasteiger partial charge in [-0.25, -0.2) is 0 Å². The lowest BCUT2D eigenvalue weighted by Crippen LogP contribution is -2.28. The van der Waals surface area contributed by atoms with Crippen LogP contribution in [0, 0.1) is 6.92 Å². The number of carbonyl (C=O) groups is 1. The Balaban J connectivity index is 1.93. The molecule has 0 spiro atoms. The fourth-order valence-electron chi connectivity index (χ4n) is 3.35. The van der Waals surface area contributed by atoms with Crippen LogP contribution in [0.4, 0.5) is 0 Å². The zero-order valence-corrected chi connectivity index (χ0v) is 16.3. The minimum absolute atomic E-state index is 0.172. The molecule has 1 atom stereocenters. The van der Waals surface area contributed by atoms with Gasteiger partial charge in [-0.1, -0.05) is 38.1 Å². The van der Waals surface area contributed by atoms with Crippen LogP contribution in [0.25, 0.3) is 11.0 Å². The highest BCUT2D eigenvalue weighted by Crippen LogP contribution is 2.24. The Labute approximate surface area is 159 Å². The minimum Gasteiger partial charge on any atom is -0.460 e. The van der Waals surface area contributed by atoms with Gasteiger partial charge in [0, 0.05) is 12.7 Å². The zero-order valence-electron chi connectivity index (χ0n) is 16.3. The van der Waals surface area contributed by atoms with Crippen molar-refractivity contribution >= 4 is 16.9 Å². The van der Waals surface area contributed by atoms with Gasteiger partial charge in [-0.05, 0) is 43.9 Å². The molecule has 3 rings (SSSR count). The van der Waals surface area contributed by atoms with Crippen molar-refractivity contribution in [1.82, 2.24) is 9.88 Å². The van der Waals surface area contributed by atoms with Gasteiger partial charge in [0.15, 0.2) is 0 Å². The summed E-state index contributed by atoms with van der Waals surface area (Å²) in [7, 11) is 0. The van der Waals surface area contributed by atoms with Crippen molar-refractivity contribution < 1.29 is 9.21 Å². The molecule has 3 aromatic rings. The molecule has 1 amide bonds. The number of rotatable bonds is 6. The molecule has 142 valence electrons. The molecule has 0 bridgehead atoms. The Morgan fingerprint density at radius 2 is 1.89 bits per heavy atom. The van der Waals surface area contributed by atoms with Crippen LogP contribution in [0.5, 0.6) is 0 Å². The number of carbonyl (C=O) groups excluding carboxylic acids is 1. The number of nitrogens with zero attached hydrogens (tertiary/aromatic N) is 1. The molecule has 27 heavy (non-hydrogen) atoms.